The number of aliphatic imine (C=N–C) groups is 1. The third-order valence-corrected chi connectivity index (χ3v) is 2.88. The van der Waals surface area contributed by atoms with Crippen LogP contribution in [0.5, 0.6) is 0 Å². The lowest BCUT2D eigenvalue weighted by Crippen LogP contribution is -2.39. The molecule has 0 saturated carbocycles. The molecular formula is C16H27N3O. The van der Waals surface area contributed by atoms with Gasteiger partial charge in [0.2, 0.25) is 0 Å². The Bertz CT molecular complexity index is 412. The predicted octanol–water partition coefficient (Wildman–Crippen LogP) is 2.24. The van der Waals surface area contributed by atoms with Crippen LogP contribution in [0.2, 0.25) is 0 Å². The lowest BCUT2D eigenvalue weighted by molar-refractivity contribution is 0.181. The predicted molar refractivity (Wildman–Crippen MR) is 85.0 cm³/mol. The third-order valence-electron chi connectivity index (χ3n) is 2.88. The lowest BCUT2D eigenvalue weighted by Gasteiger charge is -2.16. The van der Waals surface area contributed by atoms with Gasteiger partial charge in [0.05, 0.1) is 6.10 Å². The van der Waals surface area contributed by atoms with E-state index in [9.17, 15) is 5.11 Å². The average molecular weight is 277 g/mol. The van der Waals surface area contributed by atoms with E-state index in [1.54, 1.807) is 0 Å². The molecule has 1 unspecified atom stereocenters. The van der Waals surface area contributed by atoms with Crippen molar-refractivity contribution in [3.05, 3.63) is 35.4 Å². The highest BCUT2D eigenvalue weighted by Crippen LogP contribution is 2.12. The Labute approximate surface area is 122 Å². The van der Waals surface area contributed by atoms with E-state index in [4.69, 9.17) is 0 Å². The minimum atomic E-state index is -0.529. The topological polar surface area (TPSA) is 56.7 Å². The van der Waals surface area contributed by atoms with Crippen molar-refractivity contribution in [1.29, 1.82) is 0 Å². The maximum atomic E-state index is 10.2. The molecule has 1 aromatic rings. The Morgan fingerprint density at radius 3 is 2.40 bits per heavy atom. The summed E-state index contributed by atoms with van der Waals surface area (Å²) in [6, 6.07) is 7.94. The van der Waals surface area contributed by atoms with Crippen molar-refractivity contribution in [2.24, 2.45) is 10.9 Å². The zero-order chi connectivity index (χ0) is 15.0. The van der Waals surface area contributed by atoms with E-state index in [0.29, 0.717) is 12.5 Å². The van der Waals surface area contributed by atoms with E-state index < -0.39 is 6.10 Å². The van der Waals surface area contributed by atoms with Crippen LogP contribution in [0.25, 0.3) is 0 Å². The van der Waals surface area contributed by atoms with Crippen LogP contribution in [0, 0.1) is 12.8 Å². The molecule has 0 amide bonds. The van der Waals surface area contributed by atoms with Crippen molar-refractivity contribution in [2.45, 2.75) is 33.8 Å². The second kappa shape index (κ2) is 8.59. The van der Waals surface area contributed by atoms with Crippen molar-refractivity contribution in [3.63, 3.8) is 0 Å². The number of aryl methyl sites for hydroxylation is 1. The molecule has 0 fully saturated rings. The standard InChI is InChI=1S/C16H27N3O/c1-5-17-16(18-10-12(2)3)19-11-15(20)14-8-6-13(4)7-9-14/h6-9,12,15,20H,5,10-11H2,1-4H3,(H2,17,18,19). The summed E-state index contributed by atoms with van der Waals surface area (Å²) in [6.07, 6.45) is -0.529. The zero-order valence-corrected chi connectivity index (χ0v) is 13.0. The maximum Gasteiger partial charge on any atom is 0.191 e. The van der Waals surface area contributed by atoms with Crippen LogP contribution >= 0.6 is 0 Å². The fourth-order valence-electron chi connectivity index (χ4n) is 1.72. The number of nitrogens with zero attached hydrogens (tertiary/aromatic N) is 1. The van der Waals surface area contributed by atoms with E-state index >= 15 is 0 Å². The Balaban J connectivity index is 2.53. The Kier molecular flexibility index (Phi) is 7.09. The molecule has 112 valence electrons. The molecule has 1 rings (SSSR count). The number of rotatable bonds is 6. The van der Waals surface area contributed by atoms with Crippen LogP contribution in [0.15, 0.2) is 29.3 Å². The molecule has 4 nitrogen and oxygen atoms in total. The number of aliphatic hydroxyl groups is 1. The molecule has 0 radical (unpaired) electrons. The first-order valence-corrected chi connectivity index (χ1v) is 7.29. The van der Waals surface area contributed by atoms with Crippen LogP contribution in [0.4, 0.5) is 0 Å². The largest absolute Gasteiger partial charge is 0.387 e. The van der Waals surface area contributed by atoms with Crippen molar-refractivity contribution in [3.8, 4) is 0 Å². The SMILES string of the molecule is CCNC(=NCC(C)C)NCC(O)c1ccc(C)cc1. The molecule has 1 atom stereocenters. The van der Waals surface area contributed by atoms with Gasteiger partial charge in [-0.3, -0.25) is 4.99 Å². The summed E-state index contributed by atoms with van der Waals surface area (Å²) in [5, 5.41) is 16.5. The molecule has 1 aromatic carbocycles. The highest BCUT2D eigenvalue weighted by Gasteiger charge is 2.08. The van der Waals surface area contributed by atoms with Gasteiger partial charge in [0.25, 0.3) is 0 Å². The second-order valence-electron chi connectivity index (χ2n) is 5.42. The summed E-state index contributed by atoms with van der Waals surface area (Å²) in [6.45, 7) is 10.4. The molecule has 0 bridgehead atoms. The number of aliphatic hydroxyl groups excluding tert-OH is 1. The van der Waals surface area contributed by atoms with Gasteiger partial charge in [0, 0.05) is 19.6 Å². The molecule has 20 heavy (non-hydrogen) atoms. The van der Waals surface area contributed by atoms with Gasteiger partial charge >= 0.3 is 0 Å². The fourth-order valence-corrected chi connectivity index (χ4v) is 1.72. The molecule has 0 aromatic heterocycles. The monoisotopic (exact) mass is 277 g/mol. The number of guanidine groups is 1. The molecule has 0 heterocycles. The number of nitrogens with one attached hydrogen (secondary N) is 2. The molecule has 0 spiro atoms. The van der Waals surface area contributed by atoms with Gasteiger partial charge in [-0.2, -0.15) is 0 Å². The highest BCUT2D eigenvalue weighted by atomic mass is 16.3. The lowest BCUT2D eigenvalue weighted by atomic mass is 10.1. The second-order valence-corrected chi connectivity index (χ2v) is 5.42. The quantitative estimate of drug-likeness (QED) is 0.552. The van der Waals surface area contributed by atoms with Crippen molar-refractivity contribution < 1.29 is 5.11 Å². The summed E-state index contributed by atoms with van der Waals surface area (Å²) in [7, 11) is 0. The number of hydrogen-bond donors (Lipinski definition) is 3. The first kappa shape index (κ1) is 16.5. The number of benzene rings is 1. The summed E-state index contributed by atoms with van der Waals surface area (Å²) >= 11 is 0. The van der Waals surface area contributed by atoms with Gasteiger partial charge in [0.1, 0.15) is 0 Å². The van der Waals surface area contributed by atoms with Gasteiger partial charge in [-0.15, -0.1) is 0 Å². The first-order valence-electron chi connectivity index (χ1n) is 7.29. The van der Waals surface area contributed by atoms with E-state index in [0.717, 1.165) is 24.6 Å². The normalized spacial score (nSPS) is 13.4. The van der Waals surface area contributed by atoms with E-state index in [-0.39, 0.29) is 0 Å². The van der Waals surface area contributed by atoms with Crippen LogP contribution in [0.1, 0.15) is 38.0 Å². The summed E-state index contributed by atoms with van der Waals surface area (Å²) in [4.78, 5) is 4.48. The molecule has 0 saturated heterocycles. The Morgan fingerprint density at radius 2 is 1.85 bits per heavy atom. The highest BCUT2D eigenvalue weighted by molar-refractivity contribution is 5.79. The molecular weight excluding hydrogens is 250 g/mol. The van der Waals surface area contributed by atoms with E-state index in [2.05, 4.69) is 29.5 Å². The van der Waals surface area contributed by atoms with Crippen LogP contribution < -0.4 is 10.6 Å². The molecule has 4 heteroatoms. The van der Waals surface area contributed by atoms with Gasteiger partial charge in [-0.1, -0.05) is 43.7 Å². The first-order chi connectivity index (χ1) is 9.52. The summed E-state index contributed by atoms with van der Waals surface area (Å²) in [5.74, 6) is 1.28. The van der Waals surface area contributed by atoms with Gasteiger partial charge in [-0.05, 0) is 25.3 Å². The average Bonchev–Trinajstić information content (AvgIpc) is 2.42. The van der Waals surface area contributed by atoms with E-state index in [1.165, 1.54) is 5.56 Å². The Morgan fingerprint density at radius 1 is 1.20 bits per heavy atom. The van der Waals surface area contributed by atoms with Crippen molar-refractivity contribution >= 4 is 5.96 Å². The smallest absolute Gasteiger partial charge is 0.191 e. The maximum absolute atomic E-state index is 10.2. The third kappa shape index (κ3) is 6.06. The van der Waals surface area contributed by atoms with Crippen LogP contribution in [-0.4, -0.2) is 30.7 Å². The van der Waals surface area contributed by atoms with Crippen molar-refractivity contribution in [1.82, 2.24) is 10.6 Å². The minimum Gasteiger partial charge on any atom is -0.387 e. The summed E-state index contributed by atoms with van der Waals surface area (Å²) < 4.78 is 0. The number of hydrogen-bond acceptors (Lipinski definition) is 2. The van der Waals surface area contributed by atoms with E-state index in [1.807, 2.05) is 38.1 Å². The zero-order valence-electron chi connectivity index (χ0n) is 13.0. The fraction of sp³-hybridized carbons (Fsp3) is 0.562. The van der Waals surface area contributed by atoms with Gasteiger partial charge < -0.3 is 15.7 Å². The molecule has 0 aliphatic carbocycles. The molecule has 0 aliphatic heterocycles. The Hall–Kier alpha value is -1.55. The summed E-state index contributed by atoms with van der Waals surface area (Å²) in [5.41, 5.74) is 2.11. The van der Waals surface area contributed by atoms with Crippen LogP contribution in [-0.2, 0) is 0 Å². The van der Waals surface area contributed by atoms with Gasteiger partial charge in [-0.25, -0.2) is 0 Å². The van der Waals surface area contributed by atoms with Crippen molar-refractivity contribution in [2.75, 3.05) is 19.6 Å². The van der Waals surface area contributed by atoms with Gasteiger partial charge in [0.15, 0.2) is 5.96 Å². The molecule has 3 N–H and O–H groups in total. The van der Waals surface area contributed by atoms with Crippen LogP contribution in [0.3, 0.4) is 0 Å². The molecule has 0 aliphatic rings. The minimum absolute atomic E-state index is 0.451.